The molecule has 1 aromatic carbocycles. The number of β-amino-alcohol motifs (C(OH)–C–C–N with tert-alkyl or cyclic N) is 1. The number of rotatable bonds is 6. The van der Waals surface area contributed by atoms with Gasteiger partial charge in [0.15, 0.2) is 5.65 Å². The van der Waals surface area contributed by atoms with Gasteiger partial charge in [0.1, 0.15) is 22.6 Å². The molecule has 3 unspecified atom stereocenters. The first-order valence-corrected chi connectivity index (χ1v) is 15.3. The average Bonchev–Trinajstić information content (AvgIpc) is 3.53. The molecular formula is C26H33ClN8O3S. The van der Waals surface area contributed by atoms with Crippen molar-refractivity contribution in [2.75, 3.05) is 53.5 Å². The first kappa shape index (κ1) is 26.3. The minimum atomic E-state index is -1.34. The predicted octanol–water partition coefficient (Wildman–Crippen LogP) is 2.17. The summed E-state index contributed by atoms with van der Waals surface area (Å²) in [4.78, 5) is 24.9. The molecule has 3 aliphatic rings. The normalized spacial score (nSPS) is 22.8. The molecule has 0 bridgehead atoms. The van der Waals surface area contributed by atoms with Crippen LogP contribution in [0.3, 0.4) is 0 Å². The van der Waals surface area contributed by atoms with Crippen LogP contribution in [0.4, 0.5) is 17.3 Å². The number of halogens is 1. The van der Waals surface area contributed by atoms with Crippen LogP contribution in [0.5, 0.6) is 0 Å². The molecule has 3 saturated heterocycles. The van der Waals surface area contributed by atoms with E-state index in [-0.39, 0.29) is 24.1 Å². The van der Waals surface area contributed by atoms with Gasteiger partial charge in [-0.1, -0.05) is 11.6 Å². The van der Waals surface area contributed by atoms with E-state index in [1.165, 1.54) is 6.26 Å². The zero-order valence-corrected chi connectivity index (χ0v) is 23.4. The van der Waals surface area contributed by atoms with Gasteiger partial charge < -0.3 is 30.3 Å². The van der Waals surface area contributed by atoms with Crippen LogP contribution in [0, 0.1) is 0 Å². The van der Waals surface area contributed by atoms with Gasteiger partial charge in [0.2, 0.25) is 0 Å². The van der Waals surface area contributed by atoms with Crippen molar-refractivity contribution in [1.29, 1.82) is 0 Å². The number of carbonyl (C=O) groups excluding carboxylic acids is 1. The van der Waals surface area contributed by atoms with Crippen molar-refractivity contribution in [2.24, 2.45) is 5.73 Å². The van der Waals surface area contributed by atoms with E-state index >= 15 is 0 Å². The highest BCUT2D eigenvalue weighted by Crippen LogP contribution is 2.35. The monoisotopic (exact) mass is 572 g/mol. The highest BCUT2D eigenvalue weighted by Gasteiger charge is 2.34. The van der Waals surface area contributed by atoms with Gasteiger partial charge in [-0.2, -0.15) is 9.61 Å². The summed E-state index contributed by atoms with van der Waals surface area (Å²) in [7, 11) is -1.34. The van der Waals surface area contributed by atoms with Crippen LogP contribution in [0.15, 0.2) is 30.3 Å². The molecule has 3 aliphatic heterocycles. The number of nitrogens with one attached hydrogen (secondary N) is 1. The Morgan fingerprint density at radius 3 is 2.67 bits per heavy atom. The van der Waals surface area contributed by atoms with Gasteiger partial charge in [0.05, 0.1) is 29.1 Å². The van der Waals surface area contributed by atoms with Crippen molar-refractivity contribution >= 4 is 51.5 Å². The van der Waals surface area contributed by atoms with Crippen molar-refractivity contribution in [3.63, 3.8) is 0 Å². The number of benzene rings is 1. The van der Waals surface area contributed by atoms with Crippen LogP contribution >= 0.6 is 11.6 Å². The largest absolute Gasteiger partial charge is 0.391 e. The Morgan fingerprint density at radius 2 is 1.95 bits per heavy atom. The number of likely N-dealkylation sites (tertiary alicyclic amines) is 1. The van der Waals surface area contributed by atoms with Crippen LogP contribution in [0.1, 0.15) is 47.8 Å². The minimum Gasteiger partial charge on any atom is -0.391 e. The summed E-state index contributed by atoms with van der Waals surface area (Å²) in [5.41, 5.74) is 8.45. The predicted molar refractivity (Wildman–Crippen MR) is 153 cm³/mol. The SMILES string of the molecule is CS(=O)Nc1ccc(Cl)cc1C(=O)N1CCCCC1c1cc2nc(N3CCC(O)C3)cc(N3CC(N)C3)n2n1. The van der Waals surface area contributed by atoms with E-state index in [2.05, 4.69) is 14.5 Å². The highest BCUT2D eigenvalue weighted by molar-refractivity contribution is 7.85. The lowest BCUT2D eigenvalue weighted by Crippen LogP contribution is -2.56. The van der Waals surface area contributed by atoms with Crippen molar-refractivity contribution in [2.45, 2.75) is 43.9 Å². The number of hydrogen-bond donors (Lipinski definition) is 3. The summed E-state index contributed by atoms with van der Waals surface area (Å²) in [6.07, 6.45) is 4.51. The van der Waals surface area contributed by atoms with Gasteiger partial charge in [-0.05, 0) is 43.9 Å². The Morgan fingerprint density at radius 1 is 1.13 bits per heavy atom. The molecule has 3 fully saturated rings. The van der Waals surface area contributed by atoms with Crippen molar-refractivity contribution in [3.05, 3.63) is 46.6 Å². The van der Waals surface area contributed by atoms with E-state index < -0.39 is 11.0 Å². The molecule has 0 saturated carbocycles. The van der Waals surface area contributed by atoms with Gasteiger partial charge in [-0.15, -0.1) is 0 Å². The van der Waals surface area contributed by atoms with Crippen molar-refractivity contribution < 1.29 is 14.1 Å². The number of anilines is 3. The Bertz CT molecular complexity index is 1430. The molecule has 3 aromatic rings. The molecular weight excluding hydrogens is 540 g/mol. The Hall–Kier alpha value is -2.93. The number of hydrogen-bond acceptors (Lipinski definition) is 8. The number of fused-ring (bicyclic) bond motifs is 1. The number of aliphatic hydroxyl groups excluding tert-OH is 1. The molecule has 39 heavy (non-hydrogen) atoms. The molecule has 208 valence electrons. The first-order chi connectivity index (χ1) is 18.8. The number of amides is 1. The molecule has 6 rings (SSSR count). The molecule has 13 heteroatoms. The second kappa shape index (κ2) is 10.6. The number of carbonyl (C=O) groups is 1. The van der Waals surface area contributed by atoms with E-state index in [1.54, 1.807) is 18.2 Å². The molecule has 3 atom stereocenters. The van der Waals surface area contributed by atoms with Crippen LogP contribution < -0.4 is 20.3 Å². The molecule has 0 radical (unpaired) electrons. The van der Waals surface area contributed by atoms with E-state index in [4.69, 9.17) is 27.4 Å². The second-order valence-electron chi connectivity index (χ2n) is 10.6. The number of nitrogens with two attached hydrogens (primary N) is 1. The summed E-state index contributed by atoms with van der Waals surface area (Å²) >= 11 is 6.27. The van der Waals surface area contributed by atoms with Gasteiger partial charge in [-0.3, -0.25) is 4.79 Å². The highest BCUT2D eigenvalue weighted by atomic mass is 35.5. The molecule has 5 heterocycles. The summed E-state index contributed by atoms with van der Waals surface area (Å²) in [5.74, 6) is 1.53. The third-order valence-electron chi connectivity index (χ3n) is 7.71. The third-order valence-corrected chi connectivity index (χ3v) is 8.45. The fraction of sp³-hybridized carbons (Fsp3) is 0.500. The summed E-state index contributed by atoms with van der Waals surface area (Å²) in [5, 5.41) is 15.5. The lowest BCUT2D eigenvalue weighted by Gasteiger charge is -2.39. The second-order valence-corrected chi connectivity index (χ2v) is 12.2. The minimum absolute atomic E-state index is 0.115. The smallest absolute Gasteiger partial charge is 0.256 e. The fourth-order valence-corrected chi connectivity index (χ4v) is 6.40. The number of aromatic nitrogens is 3. The summed E-state index contributed by atoms with van der Waals surface area (Å²) in [6, 6.07) is 8.85. The van der Waals surface area contributed by atoms with E-state index in [0.717, 1.165) is 56.2 Å². The zero-order chi connectivity index (χ0) is 27.3. The van der Waals surface area contributed by atoms with Crippen LogP contribution in [-0.2, 0) is 11.0 Å². The fourth-order valence-electron chi connectivity index (χ4n) is 5.74. The van der Waals surface area contributed by atoms with Crippen LogP contribution in [0.25, 0.3) is 5.65 Å². The van der Waals surface area contributed by atoms with Crippen LogP contribution in [0.2, 0.25) is 5.02 Å². The number of nitrogens with zero attached hydrogens (tertiary/aromatic N) is 6. The maximum Gasteiger partial charge on any atom is 0.256 e. The standard InChI is InChI=1S/C26H33ClN8O3S/c1-39(38)31-20-6-5-16(27)10-19(20)26(37)34-8-3-2-4-22(34)21-11-24-29-23(32-9-7-18(36)15-32)12-25(35(24)30-21)33-13-17(28)14-33/h5-6,10-12,17-18,22,31,36H,2-4,7-9,13-15,28H2,1H3. The number of aliphatic hydroxyl groups is 1. The Kier molecular flexibility index (Phi) is 7.13. The molecule has 2 aromatic heterocycles. The average molecular weight is 573 g/mol. The van der Waals surface area contributed by atoms with Gasteiger partial charge >= 0.3 is 0 Å². The maximum atomic E-state index is 13.9. The van der Waals surface area contributed by atoms with E-state index in [9.17, 15) is 14.1 Å². The van der Waals surface area contributed by atoms with E-state index in [1.807, 2.05) is 21.5 Å². The Balaban J connectivity index is 1.38. The molecule has 11 nitrogen and oxygen atoms in total. The lowest BCUT2D eigenvalue weighted by molar-refractivity contribution is 0.0607. The van der Waals surface area contributed by atoms with Gasteiger partial charge in [0.25, 0.3) is 5.91 Å². The number of piperidine rings is 1. The molecule has 0 aliphatic carbocycles. The molecule has 4 N–H and O–H groups in total. The molecule has 1 amide bonds. The summed E-state index contributed by atoms with van der Waals surface area (Å²) in [6.45, 7) is 3.33. The topological polar surface area (TPSA) is 132 Å². The van der Waals surface area contributed by atoms with Crippen LogP contribution in [-0.4, -0.2) is 85.8 Å². The lowest BCUT2D eigenvalue weighted by atomic mass is 9.98. The van der Waals surface area contributed by atoms with E-state index in [0.29, 0.717) is 41.4 Å². The van der Waals surface area contributed by atoms with Crippen molar-refractivity contribution in [3.8, 4) is 0 Å². The van der Waals surface area contributed by atoms with Crippen molar-refractivity contribution in [1.82, 2.24) is 19.5 Å². The van der Waals surface area contributed by atoms with Gasteiger partial charge in [0, 0.05) is 62.2 Å². The molecule has 0 spiro atoms. The van der Waals surface area contributed by atoms with Gasteiger partial charge in [-0.25, -0.2) is 9.19 Å². The zero-order valence-electron chi connectivity index (χ0n) is 21.8. The Labute approximate surface area is 234 Å². The summed E-state index contributed by atoms with van der Waals surface area (Å²) < 4.78 is 16.6. The quantitative estimate of drug-likeness (QED) is 0.409. The first-order valence-electron chi connectivity index (χ1n) is 13.3. The third kappa shape index (κ3) is 5.18. The maximum absolute atomic E-state index is 13.9.